The number of anilines is 2. The maximum Gasteiger partial charge on any atom is 0.301 e. The molecule has 3 aromatic heterocycles. The van der Waals surface area contributed by atoms with Crippen LogP contribution in [-0.2, 0) is 10.0 Å². The van der Waals surface area contributed by atoms with Crippen LogP contribution in [0.15, 0.2) is 47.6 Å². The van der Waals surface area contributed by atoms with E-state index >= 15 is 0 Å². The summed E-state index contributed by atoms with van der Waals surface area (Å²) in [4.78, 5) is 23.1. The average Bonchev–Trinajstić information content (AvgIpc) is 3.48. The van der Waals surface area contributed by atoms with E-state index in [1.807, 2.05) is 30.4 Å². The summed E-state index contributed by atoms with van der Waals surface area (Å²) in [6.45, 7) is 4.44. The van der Waals surface area contributed by atoms with Crippen molar-refractivity contribution in [3.8, 4) is 11.7 Å². The molecule has 1 saturated heterocycles. The largest absolute Gasteiger partial charge is 0.475 e. The molecule has 0 aromatic carbocycles. The number of hydrogen-bond donors (Lipinski definition) is 11. The van der Waals surface area contributed by atoms with Crippen LogP contribution >= 0.6 is 0 Å². The zero-order valence-corrected chi connectivity index (χ0v) is 25.9. The van der Waals surface area contributed by atoms with Crippen molar-refractivity contribution in [2.75, 3.05) is 23.8 Å². The van der Waals surface area contributed by atoms with Crippen molar-refractivity contribution in [3.05, 3.63) is 48.3 Å². The summed E-state index contributed by atoms with van der Waals surface area (Å²) in [6.07, 6.45) is 3.19. The molecule has 1 atom stereocenters. The molecule has 21 heteroatoms. The van der Waals surface area contributed by atoms with Crippen molar-refractivity contribution in [1.82, 2.24) is 24.5 Å². The molecular weight excluding hydrogens is 650 g/mol. The molecule has 0 radical (unpaired) electrons. The number of amides is 1. The molecule has 3 aromatic rings. The fourth-order valence-electron chi connectivity index (χ4n) is 5.43. The van der Waals surface area contributed by atoms with E-state index in [1.165, 1.54) is 36.7 Å². The Balaban J connectivity index is 1.71. The second-order valence-corrected chi connectivity index (χ2v) is 13.4. The smallest absolute Gasteiger partial charge is 0.301 e. The Labute approximate surface area is 266 Å². The van der Waals surface area contributed by atoms with Crippen LogP contribution in [0.25, 0.3) is 5.82 Å². The van der Waals surface area contributed by atoms with Crippen molar-refractivity contribution < 1.29 is 63.9 Å². The number of ether oxygens (including phenoxy) is 1. The molecule has 0 unspecified atom stereocenters. The predicted molar refractivity (Wildman–Crippen MR) is 156 cm³/mol. The van der Waals surface area contributed by atoms with E-state index in [0.29, 0.717) is 13.0 Å². The van der Waals surface area contributed by atoms with Gasteiger partial charge in [0.25, 0.3) is 15.9 Å². The number of nitrogens with two attached hydrogens (primary N) is 1. The number of hydrogen-bond acceptors (Lipinski definition) is 18. The van der Waals surface area contributed by atoms with Gasteiger partial charge in [-0.1, -0.05) is 6.92 Å². The summed E-state index contributed by atoms with van der Waals surface area (Å²) in [5.74, 6) is -15.4. The van der Waals surface area contributed by atoms with E-state index in [1.54, 1.807) is 0 Å². The van der Waals surface area contributed by atoms with Crippen molar-refractivity contribution in [1.29, 1.82) is 0 Å². The second kappa shape index (κ2) is 11.9. The highest BCUT2D eigenvalue weighted by Crippen LogP contribution is 2.44. The van der Waals surface area contributed by atoms with Crippen molar-refractivity contribution >= 4 is 27.6 Å². The lowest BCUT2D eigenvalue weighted by atomic mass is 9.79. The monoisotopic (exact) mass is 685 g/mol. The third-order valence-electron chi connectivity index (χ3n) is 7.70. The molecule has 1 fully saturated rings. The number of nitrogen functional groups attached to an aromatic ring is 1. The van der Waals surface area contributed by atoms with Gasteiger partial charge in [-0.15, -0.1) is 5.10 Å². The first-order valence-corrected chi connectivity index (χ1v) is 15.2. The molecule has 12 N–H and O–H groups in total. The maximum absolute atomic E-state index is 13.4. The van der Waals surface area contributed by atoms with Gasteiger partial charge >= 0.3 is 17.9 Å². The van der Waals surface area contributed by atoms with E-state index in [4.69, 9.17) is 10.5 Å². The minimum Gasteiger partial charge on any atom is -0.475 e. The summed E-state index contributed by atoms with van der Waals surface area (Å²) >= 11 is 0. The Hall–Kier alpha value is -4.03. The van der Waals surface area contributed by atoms with Gasteiger partial charge in [0, 0.05) is 30.5 Å². The normalized spacial score (nSPS) is 17.5. The van der Waals surface area contributed by atoms with Gasteiger partial charge in [-0.2, -0.15) is 0 Å². The number of carbonyl (C=O) groups excluding carboxylic acids is 1. The van der Waals surface area contributed by atoms with Gasteiger partial charge in [0.05, 0.1) is 5.56 Å². The summed E-state index contributed by atoms with van der Waals surface area (Å²) in [5.41, 5.74) is 0.817. The number of sulfonamides is 1. The molecule has 0 spiro atoms. The number of pyridine rings is 2. The topological polar surface area (TPSA) is 327 Å². The number of aromatic nitrogens is 4. The molecule has 4 rings (SSSR count). The van der Waals surface area contributed by atoms with Crippen LogP contribution in [-0.4, -0.2) is 117 Å². The molecule has 1 amide bonds. The average molecular weight is 686 g/mol. The minimum atomic E-state index is -4.57. The molecule has 258 valence electrons. The lowest BCUT2D eigenvalue weighted by Crippen LogP contribution is -2.75. The Bertz CT molecular complexity index is 1710. The summed E-state index contributed by atoms with van der Waals surface area (Å²) in [6, 6.07) is 6.17. The van der Waals surface area contributed by atoms with Crippen LogP contribution in [0.2, 0.25) is 0 Å². The maximum atomic E-state index is 13.4. The number of rotatable bonds is 11. The molecule has 1 aliphatic heterocycles. The quantitative estimate of drug-likeness (QED) is 0.0863. The zero-order valence-electron chi connectivity index (χ0n) is 25.1. The highest BCUT2D eigenvalue weighted by Gasteiger charge is 2.75. The SMILES string of the molecule is C[C@@H]1CN(c2nc(-n3ccc(OCC(C(O)(O)O)(C(O)(O)O)C(O)(O)O)n3)ccc2C(=O)NS(=O)(=O)c2cccnc2N)C(C)(C)C1. The molecule has 47 heavy (non-hydrogen) atoms. The van der Waals surface area contributed by atoms with Crippen molar-refractivity contribution in [2.24, 2.45) is 11.3 Å². The van der Waals surface area contributed by atoms with Gasteiger partial charge in [0.2, 0.25) is 11.3 Å². The highest BCUT2D eigenvalue weighted by molar-refractivity contribution is 7.90. The minimum absolute atomic E-state index is 0.0230. The number of carbonyl (C=O) groups is 1. The Kier molecular flexibility index (Phi) is 9.06. The first-order chi connectivity index (χ1) is 21.4. The molecule has 0 saturated carbocycles. The zero-order chi connectivity index (χ0) is 35.4. The van der Waals surface area contributed by atoms with Gasteiger partial charge in [-0.3, -0.25) is 4.79 Å². The fourth-order valence-corrected chi connectivity index (χ4v) is 6.48. The van der Waals surface area contributed by atoms with Gasteiger partial charge in [0.1, 0.15) is 23.1 Å². The van der Waals surface area contributed by atoms with E-state index in [9.17, 15) is 59.2 Å². The van der Waals surface area contributed by atoms with Gasteiger partial charge < -0.3 is 61.3 Å². The molecular formula is C26H35N7O13S. The van der Waals surface area contributed by atoms with Gasteiger partial charge in [0.15, 0.2) is 5.82 Å². The fraction of sp³-hybridized carbons (Fsp3) is 0.462. The lowest BCUT2D eigenvalue weighted by molar-refractivity contribution is -0.565. The van der Waals surface area contributed by atoms with Gasteiger partial charge in [-0.25, -0.2) is 27.8 Å². The first-order valence-electron chi connectivity index (χ1n) is 13.7. The third kappa shape index (κ3) is 6.71. The predicted octanol–water partition coefficient (Wildman–Crippen LogP) is -3.75. The van der Waals surface area contributed by atoms with Gasteiger partial charge in [-0.05, 0) is 50.5 Å². The van der Waals surface area contributed by atoms with E-state index in [2.05, 4.69) is 15.1 Å². The molecule has 4 heterocycles. The molecule has 0 aliphatic carbocycles. The van der Waals surface area contributed by atoms with E-state index < -0.39 is 62.2 Å². The second-order valence-electron chi connectivity index (χ2n) is 11.8. The number of nitrogens with zero attached hydrogens (tertiary/aromatic N) is 5. The number of nitrogens with one attached hydrogen (secondary N) is 1. The van der Waals surface area contributed by atoms with Crippen molar-refractivity contribution in [3.63, 3.8) is 0 Å². The molecule has 0 bridgehead atoms. The Morgan fingerprint density at radius 2 is 1.66 bits per heavy atom. The first kappa shape index (κ1) is 35.8. The Morgan fingerprint density at radius 1 is 1.04 bits per heavy atom. The third-order valence-corrected chi connectivity index (χ3v) is 9.08. The summed E-state index contributed by atoms with van der Waals surface area (Å²) in [5, 5.41) is 90.6. The Morgan fingerprint density at radius 3 is 2.19 bits per heavy atom. The molecule has 20 nitrogen and oxygen atoms in total. The highest BCUT2D eigenvalue weighted by atomic mass is 32.2. The van der Waals surface area contributed by atoms with Crippen molar-refractivity contribution in [2.45, 2.75) is 55.5 Å². The summed E-state index contributed by atoms with van der Waals surface area (Å²) in [7, 11) is -4.45. The summed E-state index contributed by atoms with van der Waals surface area (Å²) < 4.78 is 34.1. The van der Waals surface area contributed by atoms with Crippen LogP contribution in [0.5, 0.6) is 5.88 Å². The lowest BCUT2D eigenvalue weighted by Gasteiger charge is -2.47. The van der Waals surface area contributed by atoms with Crippen LogP contribution in [0.3, 0.4) is 0 Å². The molecule has 1 aliphatic rings. The standard InChI is InChI=1S/C26H35N7O13S/c1-14-11-22(2,3)32(12-14)20-15(21(34)31-47(44,45)16-5-4-9-28-19(16)27)6-7-17(29-20)33-10-8-18(30-33)46-13-23(24(35,36)37,25(38,39)40)26(41,42)43/h4-10,14,35-43H,11-13H2,1-3H3,(H2,27,28)(H,31,34)/t14-/m0/s1. The van der Waals surface area contributed by atoms with E-state index in [-0.39, 0.29) is 28.9 Å². The van der Waals surface area contributed by atoms with Crippen LogP contribution in [0, 0.1) is 11.3 Å². The van der Waals surface area contributed by atoms with Crippen LogP contribution in [0.4, 0.5) is 11.6 Å². The van der Waals surface area contributed by atoms with Crippen LogP contribution < -0.4 is 20.1 Å². The van der Waals surface area contributed by atoms with Crippen LogP contribution in [0.1, 0.15) is 37.6 Å². The van der Waals surface area contributed by atoms with E-state index in [0.717, 1.165) is 10.7 Å². The number of aliphatic hydroxyl groups is 9.